The highest BCUT2D eigenvalue weighted by molar-refractivity contribution is 5.83. The number of carbonyl (C=O) groups excluding carboxylic acids is 2. The highest BCUT2D eigenvalue weighted by atomic mass is 16.2. The Balaban J connectivity index is 1.78. The largest absolute Gasteiger partial charge is 0.369 e. The molecule has 2 aromatic rings. The molecule has 2 N–H and O–H groups in total. The molecular weight excluding hydrogens is 348 g/mol. The van der Waals surface area contributed by atoms with Crippen molar-refractivity contribution in [2.45, 2.75) is 46.0 Å². The van der Waals surface area contributed by atoms with Gasteiger partial charge >= 0.3 is 0 Å². The van der Waals surface area contributed by atoms with E-state index in [-0.39, 0.29) is 11.8 Å². The van der Waals surface area contributed by atoms with Gasteiger partial charge in [0.2, 0.25) is 11.8 Å². The molecule has 1 saturated heterocycles. The smallest absolute Gasteiger partial charge is 0.225 e. The SMILES string of the molecule is CCCC(=O)N1CCC[C@](Cc2ccc(-c3ccc(C)cc3)cc2)(C(N)=O)C1. The van der Waals surface area contributed by atoms with Crippen LogP contribution in [0.2, 0.25) is 0 Å². The van der Waals surface area contributed by atoms with Gasteiger partial charge < -0.3 is 10.6 Å². The van der Waals surface area contributed by atoms with Gasteiger partial charge in [0.05, 0.1) is 5.41 Å². The number of nitrogens with two attached hydrogens (primary N) is 1. The number of benzene rings is 2. The van der Waals surface area contributed by atoms with Gasteiger partial charge in [0.1, 0.15) is 0 Å². The average molecular weight is 379 g/mol. The van der Waals surface area contributed by atoms with E-state index in [1.165, 1.54) is 11.1 Å². The summed E-state index contributed by atoms with van der Waals surface area (Å²) in [6, 6.07) is 16.8. The fraction of sp³-hybridized carbons (Fsp3) is 0.417. The zero-order valence-corrected chi connectivity index (χ0v) is 16.9. The summed E-state index contributed by atoms with van der Waals surface area (Å²) in [5.74, 6) is -0.174. The summed E-state index contributed by atoms with van der Waals surface area (Å²) in [5.41, 5.74) is 9.82. The van der Waals surface area contributed by atoms with Crippen molar-refractivity contribution in [3.05, 3.63) is 59.7 Å². The maximum atomic E-state index is 12.4. The predicted molar refractivity (Wildman–Crippen MR) is 113 cm³/mol. The molecule has 1 aliphatic heterocycles. The third kappa shape index (κ3) is 4.44. The van der Waals surface area contributed by atoms with Gasteiger partial charge in [0.25, 0.3) is 0 Å². The van der Waals surface area contributed by atoms with E-state index in [1.807, 2.05) is 11.8 Å². The number of rotatable bonds is 6. The summed E-state index contributed by atoms with van der Waals surface area (Å²) in [6.45, 7) is 5.23. The molecule has 4 heteroatoms. The Hall–Kier alpha value is -2.62. The fourth-order valence-electron chi connectivity index (χ4n) is 4.10. The summed E-state index contributed by atoms with van der Waals surface area (Å²) in [7, 11) is 0. The fourth-order valence-corrected chi connectivity index (χ4v) is 4.10. The Morgan fingerprint density at radius 3 is 2.21 bits per heavy atom. The molecule has 0 spiro atoms. The van der Waals surface area contributed by atoms with Gasteiger partial charge in [-0.05, 0) is 49.3 Å². The second-order valence-corrected chi connectivity index (χ2v) is 8.05. The molecule has 0 unspecified atom stereocenters. The zero-order valence-electron chi connectivity index (χ0n) is 16.9. The number of primary amides is 1. The summed E-state index contributed by atoms with van der Waals surface area (Å²) in [4.78, 5) is 26.6. The van der Waals surface area contributed by atoms with Crippen LogP contribution >= 0.6 is 0 Å². The Kier molecular flexibility index (Phi) is 6.18. The Morgan fingerprint density at radius 1 is 1.04 bits per heavy atom. The molecule has 2 amide bonds. The van der Waals surface area contributed by atoms with Gasteiger partial charge in [-0.15, -0.1) is 0 Å². The second-order valence-electron chi connectivity index (χ2n) is 8.05. The number of hydrogen-bond donors (Lipinski definition) is 1. The summed E-state index contributed by atoms with van der Waals surface area (Å²) in [5, 5.41) is 0. The Bertz CT molecular complexity index is 827. The van der Waals surface area contributed by atoms with E-state index >= 15 is 0 Å². The first-order valence-electron chi connectivity index (χ1n) is 10.2. The summed E-state index contributed by atoms with van der Waals surface area (Å²) in [6.07, 6.45) is 3.48. The van der Waals surface area contributed by atoms with E-state index in [4.69, 9.17) is 5.73 Å². The first kappa shape index (κ1) is 20.1. The maximum absolute atomic E-state index is 12.4. The molecule has 4 nitrogen and oxygen atoms in total. The van der Waals surface area contributed by atoms with Crippen LogP contribution in [0.4, 0.5) is 0 Å². The van der Waals surface area contributed by atoms with Crippen molar-refractivity contribution in [2.24, 2.45) is 11.1 Å². The molecule has 0 aromatic heterocycles. The van der Waals surface area contributed by atoms with Crippen molar-refractivity contribution in [2.75, 3.05) is 13.1 Å². The van der Waals surface area contributed by atoms with E-state index in [0.29, 0.717) is 19.4 Å². The number of amides is 2. The average Bonchev–Trinajstić information content (AvgIpc) is 2.69. The molecule has 1 aliphatic rings. The maximum Gasteiger partial charge on any atom is 0.225 e. The third-order valence-electron chi connectivity index (χ3n) is 5.80. The standard InChI is InChI=1S/C24H30N2O2/c1-3-5-22(27)26-15-4-14-24(17-26,23(25)28)16-19-8-12-21(13-9-19)20-10-6-18(2)7-11-20/h6-13H,3-5,14-17H2,1-2H3,(H2,25,28)/t24-/m1/s1. The van der Waals surface area contributed by atoms with Crippen LogP contribution < -0.4 is 5.73 Å². The predicted octanol–water partition coefficient (Wildman–Crippen LogP) is 4.10. The van der Waals surface area contributed by atoms with Crippen LogP contribution in [0.15, 0.2) is 48.5 Å². The van der Waals surface area contributed by atoms with Crippen LogP contribution in [0, 0.1) is 12.3 Å². The van der Waals surface area contributed by atoms with Crippen molar-refractivity contribution in [3.63, 3.8) is 0 Å². The van der Waals surface area contributed by atoms with Crippen LogP contribution in [0.3, 0.4) is 0 Å². The minimum atomic E-state index is -0.674. The molecule has 2 aromatic carbocycles. The number of piperidine rings is 1. The van der Waals surface area contributed by atoms with Crippen LogP contribution in [0.5, 0.6) is 0 Å². The number of aryl methyl sites for hydroxylation is 1. The minimum absolute atomic E-state index is 0.127. The summed E-state index contributed by atoms with van der Waals surface area (Å²) >= 11 is 0. The lowest BCUT2D eigenvalue weighted by molar-refractivity contribution is -0.140. The molecule has 3 rings (SSSR count). The molecule has 28 heavy (non-hydrogen) atoms. The van der Waals surface area contributed by atoms with E-state index in [2.05, 4.69) is 55.5 Å². The zero-order chi connectivity index (χ0) is 20.1. The molecule has 0 bridgehead atoms. The van der Waals surface area contributed by atoms with Crippen molar-refractivity contribution in [1.82, 2.24) is 4.90 Å². The monoisotopic (exact) mass is 378 g/mol. The molecular formula is C24H30N2O2. The van der Waals surface area contributed by atoms with Crippen LogP contribution in [0.1, 0.15) is 43.7 Å². The van der Waals surface area contributed by atoms with Crippen molar-refractivity contribution in [1.29, 1.82) is 0 Å². The lowest BCUT2D eigenvalue weighted by atomic mass is 9.74. The Labute approximate surface area is 167 Å². The lowest BCUT2D eigenvalue weighted by Crippen LogP contribution is -2.53. The summed E-state index contributed by atoms with van der Waals surface area (Å²) < 4.78 is 0. The molecule has 148 valence electrons. The van der Waals surface area contributed by atoms with Gasteiger partial charge in [-0.3, -0.25) is 9.59 Å². The van der Waals surface area contributed by atoms with E-state index < -0.39 is 5.41 Å². The highest BCUT2D eigenvalue weighted by Crippen LogP contribution is 2.34. The molecule has 0 aliphatic carbocycles. The topological polar surface area (TPSA) is 63.4 Å². The van der Waals surface area contributed by atoms with Crippen molar-refractivity contribution < 1.29 is 9.59 Å². The van der Waals surface area contributed by atoms with Gasteiger partial charge in [0, 0.05) is 19.5 Å². The van der Waals surface area contributed by atoms with E-state index in [9.17, 15) is 9.59 Å². The van der Waals surface area contributed by atoms with Gasteiger partial charge in [-0.25, -0.2) is 0 Å². The van der Waals surface area contributed by atoms with Gasteiger partial charge in [-0.1, -0.05) is 61.0 Å². The van der Waals surface area contributed by atoms with Gasteiger partial charge in [0.15, 0.2) is 0 Å². The number of likely N-dealkylation sites (tertiary alicyclic amines) is 1. The quantitative estimate of drug-likeness (QED) is 0.822. The van der Waals surface area contributed by atoms with Crippen LogP contribution in [-0.2, 0) is 16.0 Å². The van der Waals surface area contributed by atoms with Gasteiger partial charge in [-0.2, -0.15) is 0 Å². The first-order valence-corrected chi connectivity index (χ1v) is 10.2. The molecule has 0 saturated carbocycles. The molecule has 1 heterocycles. The normalized spacial score (nSPS) is 19.4. The molecule has 1 fully saturated rings. The van der Waals surface area contributed by atoms with Crippen LogP contribution in [0.25, 0.3) is 11.1 Å². The Morgan fingerprint density at radius 2 is 1.64 bits per heavy atom. The molecule has 0 radical (unpaired) electrons. The lowest BCUT2D eigenvalue weighted by Gasteiger charge is -2.41. The second kappa shape index (κ2) is 8.59. The molecule has 1 atom stereocenters. The highest BCUT2D eigenvalue weighted by Gasteiger charge is 2.41. The van der Waals surface area contributed by atoms with Crippen molar-refractivity contribution >= 4 is 11.8 Å². The van der Waals surface area contributed by atoms with E-state index in [0.717, 1.165) is 36.9 Å². The third-order valence-corrected chi connectivity index (χ3v) is 5.80. The minimum Gasteiger partial charge on any atom is -0.369 e. The number of hydrogen-bond acceptors (Lipinski definition) is 2. The number of carbonyl (C=O) groups is 2. The van der Waals surface area contributed by atoms with Crippen LogP contribution in [-0.4, -0.2) is 29.8 Å². The number of nitrogens with zero attached hydrogens (tertiary/aromatic N) is 1. The van der Waals surface area contributed by atoms with Crippen molar-refractivity contribution in [3.8, 4) is 11.1 Å². The first-order chi connectivity index (χ1) is 13.4. The van der Waals surface area contributed by atoms with E-state index in [1.54, 1.807) is 0 Å².